The van der Waals surface area contributed by atoms with Gasteiger partial charge < -0.3 is 20.1 Å². The van der Waals surface area contributed by atoms with Crippen LogP contribution in [0.4, 0.5) is 24.5 Å². The largest absolute Gasteiger partial charge is 0.573 e. The number of ether oxygens (including phenoxy) is 1. The molecule has 0 spiro atoms. The zero-order valence-corrected chi connectivity index (χ0v) is 16.3. The molecule has 0 aliphatic carbocycles. The van der Waals surface area contributed by atoms with Gasteiger partial charge in [-0.3, -0.25) is 0 Å². The standard InChI is InChI=1S/C21H22F3N3O2/c1-13-10-17(16-8-5-9-19(20(16)25-13)29-21(22,23)24)26-18(12-28)14-6-4-7-15(11-14)27(2)3/h4-11,18,28H,12H2,1-3H3,(H,25,26)/t18-/m0/s1. The first kappa shape index (κ1) is 20.7. The Morgan fingerprint density at radius 2 is 1.86 bits per heavy atom. The minimum absolute atomic E-state index is 0.103. The van der Waals surface area contributed by atoms with Crippen LogP contribution in [-0.4, -0.2) is 37.2 Å². The van der Waals surface area contributed by atoms with Crippen molar-refractivity contribution in [3.05, 3.63) is 59.8 Å². The summed E-state index contributed by atoms with van der Waals surface area (Å²) in [5, 5.41) is 13.7. The van der Waals surface area contributed by atoms with Gasteiger partial charge in [-0.05, 0) is 36.8 Å². The Bertz CT molecular complexity index is 1010. The number of benzene rings is 2. The van der Waals surface area contributed by atoms with Crippen LogP contribution in [-0.2, 0) is 0 Å². The summed E-state index contributed by atoms with van der Waals surface area (Å²) in [6.45, 7) is 1.49. The van der Waals surface area contributed by atoms with E-state index in [1.807, 2.05) is 43.3 Å². The number of nitrogens with zero attached hydrogens (tertiary/aromatic N) is 2. The highest BCUT2D eigenvalue weighted by atomic mass is 19.4. The molecule has 0 bridgehead atoms. The normalized spacial score (nSPS) is 12.7. The molecule has 0 unspecified atom stereocenters. The number of halogens is 3. The highest BCUT2D eigenvalue weighted by molar-refractivity contribution is 5.95. The maximum Gasteiger partial charge on any atom is 0.573 e. The Labute approximate surface area is 166 Å². The summed E-state index contributed by atoms with van der Waals surface area (Å²) in [6.07, 6.45) is -4.81. The number of aryl methyl sites for hydroxylation is 1. The van der Waals surface area contributed by atoms with Gasteiger partial charge >= 0.3 is 6.36 Å². The fourth-order valence-electron chi connectivity index (χ4n) is 3.12. The maximum absolute atomic E-state index is 12.8. The summed E-state index contributed by atoms with van der Waals surface area (Å²) in [4.78, 5) is 6.18. The molecule has 0 aliphatic rings. The second kappa shape index (κ2) is 8.16. The minimum Gasteiger partial charge on any atom is -0.403 e. The number of fused-ring (bicyclic) bond motifs is 1. The highest BCUT2D eigenvalue weighted by Gasteiger charge is 2.32. The SMILES string of the molecule is Cc1cc(N[C@@H](CO)c2cccc(N(C)C)c2)c2cccc(OC(F)(F)F)c2n1. The van der Waals surface area contributed by atoms with Crippen LogP contribution in [0.15, 0.2) is 48.5 Å². The highest BCUT2D eigenvalue weighted by Crippen LogP contribution is 2.34. The van der Waals surface area contributed by atoms with E-state index in [9.17, 15) is 18.3 Å². The molecule has 0 aliphatic heterocycles. The Hall–Kier alpha value is -3.00. The lowest BCUT2D eigenvalue weighted by Gasteiger charge is -2.22. The average Bonchev–Trinajstić information content (AvgIpc) is 2.65. The Balaban J connectivity index is 2.03. The van der Waals surface area contributed by atoms with Crippen LogP contribution in [0.2, 0.25) is 0 Å². The first-order valence-corrected chi connectivity index (χ1v) is 8.99. The number of para-hydroxylation sites is 1. The molecule has 154 valence electrons. The van der Waals surface area contributed by atoms with Crippen molar-refractivity contribution >= 4 is 22.3 Å². The van der Waals surface area contributed by atoms with Gasteiger partial charge in [0, 0.05) is 36.6 Å². The monoisotopic (exact) mass is 405 g/mol. The molecule has 2 N–H and O–H groups in total. The predicted molar refractivity (Wildman–Crippen MR) is 107 cm³/mol. The van der Waals surface area contributed by atoms with Gasteiger partial charge in [-0.15, -0.1) is 13.2 Å². The smallest absolute Gasteiger partial charge is 0.403 e. The summed E-state index contributed by atoms with van der Waals surface area (Å²) in [5.74, 6) is -0.364. The Kier molecular flexibility index (Phi) is 5.83. The van der Waals surface area contributed by atoms with E-state index in [0.717, 1.165) is 11.3 Å². The van der Waals surface area contributed by atoms with Crippen LogP contribution in [0.5, 0.6) is 5.75 Å². The molecule has 1 aromatic heterocycles. The second-order valence-electron chi connectivity index (χ2n) is 6.88. The molecule has 29 heavy (non-hydrogen) atoms. The summed E-state index contributed by atoms with van der Waals surface area (Å²) < 4.78 is 42.4. The summed E-state index contributed by atoms with van der Waals surface area (Å²) in [5.41, 5.74) is 3.01. The zero-order valence-electron chi connectivity index (χ0n) is 16.3. The number of hydrogen-bond donors (Lipinski definition) is 2. The third-order valence-electron chi connectivity index (χ3n) is 4.46. The van der Waals surface area contributed by atoms with Crippen LogP contribution in [0.1, 0.15) is 17.3 Å². The molecule has 0 saturated carbocycles. The van der Waals surface area contributed by atoms with E-state index >= 15 is 0 Å². The van der Waals surface area contributed by atoms with Crippen LogP contribution in [0, 0.1) is 6.92 Å². The van der Waals surface area contributed by atoms with Gasteiger partial charge in [-0.2, -0.15) is 0 Å². The number of aliphatic hydroxyl groups is 1. The summed E-state index contributed by atoms with van der Waals surface area (Å²) >= 11 is 0. The molecule has 2 aromatic carbocycles. The number of hydrogen-bond acceptors (Lipinski definition) is 5. The van der Waals surface area contributed by atoms with Crippen molar-refractivity contribution in [3.63, 3.8) is 0 Å². The fourth-order valence-corrected chi connectivity index (χ4v) is 3.12. The second-order valence-corrected chi connectivity index (χ2v) is 6.88. The van der Waals surface area contributed by atoms with Gasteiger partial charge in [-0.25, -0.2) is 4.98 Å². The quantitative estimate of drug-likeness (QED) is 0.625. The molecule has 1 atom stereocenters. The molecular weight excluding hydrogens is 383 g/mol. The fraction of sp³-hybridized carbons (Fsp3) is 0.286. The first-order chi connectivity index (χ1) is 13.7. The topological polar surface area (TPSA) is 57.6 Å². The molecule has 1 heterocycles. The Morgan fingerprint density at radius 3 is 2.52 bits per heavy atom. The van der Waals surface area contributed by atoms with Crippen LogP contribution >= 0.6 is 0 Å². The lowest BCUT2D eigenvalue weighted by molar-refractivity contribution is -0.274. The van der Waals surface area contributed by atoms with Gasteiger partial charge in [0.25, 0.3) is 0 Å². The molecule has 0 fully saturated rings. The van der Waals surface area contributed by atoms with Crippen LogP contribution in [0.25, 0.3) is 10.9 Å². The van der Waals surface area contributed by atoms with Crippen molar-refractivity contribution in [1.82, 2.24) is 4.98 Å². The van der Waals surface area contributed by atoms with E-state index in [2.05, 4.69) is 15.0 Å². The number of anilines is 2. The molecule has 5 nitrogen and oxygen atoms in total. The molecule has 0 amide bonds. The number of rotatable bonds is 6. The number of nitrogens with one attached hydrogen (secondary N) is 1. The molecular formula is C21H22F3N3O2. The predicted octanol–water partition coefficient (Wildman–Crippen LogP) is 4.65. The van der Waals surface area contributed by atoms with Crippen LogP contribution in [0.3, 0.4) is 0 Å². The van der Waals surface area contributed by atoms with E-state index in [1.165, 1.54) is 12.1 Å². The number of alkyl halides is 3. The third kappa shape index (κ3) is 4.89. The lowest BCUT2D eigenvalue weighted by Crippen LogP contribution is -2.18. The molecule has 3 aromatic rings. The third-order valence-corrected chi connectivity index (χ3v) is 4.46. The number of aliphatic hydroxyl groups excluding tert-OH is 1. The van der Waals surface area contributed by atoms with Crippen molar-refractivity contribution in [1.29, 1.82) is 0 Å². The first-order valence-electron chi connectivity index (χ1n) is 8.99. The lowest BCUT2D eigenvalue weighted by atomic mass is 10.0. The summed E-state index contributed by atoms with van der Waals surface area (Å²) in [6, 6.07) is 13.3. The Morgan fingerprint density at radius 1 is 1.14 bits per heavy atom. The van der Waals surface area contributed by atoms with Crippen molar-refractivity contribution < 1.29 is 23.0 Å². The van der Waals surface area contributed by atoms with E-state index in [0.29, 0.717) is 16.8 Å². The van der Waals surface area contributed by atoms with Crippen molar-refractivity contribution in [2.24, 2.45) is 0 Å². The number of aromatic nitrogens is 1. The van der Waals surface area contributed by atoms with Crippen molar-refractivity contribution in [3.8, 4) is 5.75 Å². The van der Waals surface area contributed by atoms with Crippen molar-refractivity contribution in [2.45, 2.75) is 19.3 Å². The van der Waals surface area contributed by atoms with Gasteiger partial charge in [0.1, 0.15) is 5.52 Å². The number of pyridine rings is 1. The average molecular weight is 405 g/mol. The molecule has 0 radical (unpaired) electrons. The van der Waals surface area contributed by atoms with Gasteiger partial charge in [0.15, 0.2) is 5.75 Å². The molecule has 8 heteroatoms. The van der Waals surface area contributed by atoms with E-state index in [1.54, 1.807) is 19.1 Å². The van der Waals surface area contributed by atoms with Crippen LogP contribution < -0.4 is 15.0 Å². The van der Waals surface area contributed by atoms with Gasteiger partial charge in [0.2, 0.25) is 0 Å². The molecule has 3 rings (SSSR count). The van der Waals surface area contributed by atoms with Gasteiger partial charge in [0.05, 0.1) is 12.6 Å². The van der Waals surface area contributed by atoms with Gasteiger partial charge in [-0.1, -0.05) is 24.3 Å². The van der Waals surface area contributed by atoms with E-state index < -0.39 is 12.4 Å². The maximum atomic E-state index is 12.8. The molecule has 0 saturated heterocycles. The summed E-state index contributed by atoms with van der Waals surface area (Å²) in [7, 11) is 3.84. The van der Waals surface area contributed by atoms with E-state index in [4.69, 9.17) is 0 Å². The zero-order chi connectivity index (χ0) is 21.2. The van der Waals surface area contributed by atoms with Crippen molar-refractivity contribution in [2.75, 3.05) is 30.9 Å². The minimum atomic E-state index is -4.81. The van der Waals surface area contributed by atoms with E-state index in [-0.39, 0.29) is 17.9 Å².